The van der Waals surface area contributed by atoms with E-state index in [1.807, 2.05) is 12.1 Å². The van der Waals surface area contributed by atoms with Crippen LogP contribution in [0, 0.1) is 0 Å². The van der Waals surface area contributed by atoms with Crippen LogP contribution in [0.3, 0.4) is 0 Å². The highest BCUT2D eigenvalue weighted by molar-refractivity contribution is 6.06. The molecule has 2 aromatic rings. The monoisotopic (exact) mass is 509 g/mol. The first-order valence-corrected chi connectivity index (χ1v) is 12.2. The molecular weight excluding hydrogens is 482 g/mol. The topological polar surface area (TPSA) is 147 Å². The van der Waals surface area contributed by atoms with E-state index >= 15 is 0 Å². The number of fused-ring (bicyclic) bond motifs is 2. The molecule has 194 valence electrons. The largest absolute Gasteiger partial charge is 0.433 e. The van der Waals surface area contributed by atoms with Crippen LogP contribution in [0.1, 0.15) is 42.6 Å². The van der Waals surface area contributed by atoms with Crippen molar-refractivity contribution in [1.29, 1.82) is 0 Å². The number of pyridine rings is 1. The Kier molecular flexibility index (Phi) is 6.74. The third kappa shape index (κ3) is 4.71. The fraction of sp³-hybridized carbons (Fsp3) is 0.440. The van der Waals surface area contributed by atoms with Gasteiger partial charge >= 0.3 is 5.97 Å². The molecule has 1 aromatic heterocycles. The van der Waals surface area contributed by atoms with Crippen LogP contribution in [0.2, 0.25) is 0 Å². The Hall–Kier alpha value is -4.06. The third-order valence-corrected chi connectivity index (χ3v) is 6.88. The van der Waals surface area contributed by atoms with E-state index in [4.69, 9.17) is 9.47 Å². The lowest BCUT2D eigenvalue weighted by molar-refractivity contribution is -0.177. The van der Waals surface area contributed by atoms with Gasteiger partial charge in [0, 0.05) is 31.7 Å². The molecule has 0 spiro atoms. The highest BCUT2D eigenvalue weighted by Gasteiger charge is 2.46. The molecule has 1 aromatic carbocycles. The number of hydrogen-bond donors (Lipinski definition) is 2. The van der Waals surface area contributed by atoms with E-state index in [2.05, 4.69) is 15.6 Å². The zero-order valence-electron chi connectivity index (χ0n) is 20.2. The van der Waals surface area contributed by atoms with Crippen molar-refractivity contribution in [3.63, 3.8) is 0 Å². The molecule has 12 heteroatoms. The van der Waals surface area contributed by atoms with Crippen LogP contribution in [-0.4, -0.2) is 82.7 Å². The molecule has 4 atom stereocenters. The molecule has 5 rings (SSSR count). The minimum absolute atomic E-state index is 0.0290. The molecule has 4 amide bonds. The SMILES string of the molecule is CO[C@@H]1OC(=O)C[C@@H]1NC(=O)C1CCCN2C(=O)CC[C@H](NC(=O)c3nccc4ccccc34)C(=O)N12. The van der Waals surface area contributed by atoms with Crippen molar-refractivity contribution in [3.05, 3.63) is 42.2 Å². The standard InChI is InChI=1S/C25H27N5O7/c1-36-25-17(13-20(32)37-25)28-22(33)18-7-4-12-29-19(31)9-8-16(24(35)30(18)29)27-23(34)21-15-6-3-2-5-14(15)10-11-26-21/h2-3,5-6,10-11,16-18,25H,4,7-9,12-13H2,1H3,(H,27,34)(H,28,33)/t16-,17-,18?,25+/m0/s1. The Morgan fingerprint density at radius 3 is 2.73 bits per heavy atom. The number of methoxy groups -OCH3 is 1. The maximum Gasteiger partial charge on any atom is 0.310 e. The summed E-state index contributed by atoms with van der Waals surface area (Å²) in [7, 11) is 1.36. The molecule has 1 unspecified atom stereocenters. The lowest BCUT2D eigenvalue weighted by Gasteiger charge is -2.43. The van der Waals surface area contributed by atoms with E-state index in [9.17, 15) is 24.0 Å². The number of amides is 4. The summed E-state index contributed by atoms with van der Waals surface area (Å²) in [5.74, 6) is -2.44. The van der Waals surface area contributed by atoms with Crippen molar-refractivity contribution in [1.82, 2.24) is 25.6 Å². The number of esters is 1. The van der Waals surface area contributed by atoms with Crippen molar-refractivity contribution in [2.24, 2.45) is 0 Å². The Morgan fingerprint density at radius 1 is 1.11 bits per heavy atom. The molecule has 37 heavy (non-hydrogen) atoms. The number of ether oxygens (including phenoxy) is 2. The Bertz CT molecular complexity index is 1260. The number of carbonyl (C=O) groups excluding carboxylic acids is 5. The first-order chi connectivity index (χ1) is 17.9. The summed E-state index contributed by atoms with van der Waals surface area (Å²) in [6.07, 6.45) is 1.47. The van der Waals surface area contributed by atoms with Gasteiger partial charge in [-0.05, 0) is 30.7 Å². The second-order valence-electron chi connectivity index (χ2n) is 9.22. The van der Waals surface area contributed by atoms with Crippen LogP contribution in [0.5, 0.6) is 0 Å². The van der Waals surface area contributed by atoms with Crippen molar-refractivity contribution in [2.75, 3.05) is 13.7 Å². The van der Waals surface area contributed by atoms with Gasteiger partial charge in [0.1, 0.15) is 23.8 Å². The molecule has 3 aliphatic rings. The highest BCUT2D eigenvalue weighted by Crippen LogP contribution is 2.26. The number of nitrogens with one attached hydrogen (secondary N) is 2. The number of rotatable bonds is 5. The molecule has 0 radical (unpaired) electrons. The predicted molar refractivity (Wildman–Crippen MR) is 127 cm³/mol. The Labute approximate surface area is 212 Å². The lowest BCUT2D eigenvalue weighted by atomic mass is 10.0. The van der Waals surface area contributed by atoms with Crippen molar-refractivity contribution in [3.8, 4) is 0 Å². The maximum atomic E-state index is 13.7. The second-order valence-corrected chi connectivity index (χ2v) is 9.22. The zero-order chi connectivity index (χ0) is 26.1. The quantitative estimate of drug-likeness (QED) is 0.546. The van der Waals surface area contributed by atoms with E-state index < -0.39 is 48.1 Å². The molecule has 3 saturated heterocycles. The summed E-state index contributed by atoms with van der Waals surface area (Å²) in [5.41, 5.74) is 0.169. The fourth-order valence-corrected chi connectivity index (χ4v) is 5.08. The van der Waals surface area contributed by atoms with E-state index in [1.165, 1.54) is 18.3 Å². The maximum absolute atomic E-state index is 13.7. The van der Waals surface area contributed by atoms with Gasteiger partial charge in [-0.15, -0.1) is 0 Å². The summed E-state index contributed by atoms with van der Waals surface area (Å²) in [6, 6.07) is 6.32. The van der Waals surface area contributed by atoms with Crippen LogP contribution in [0.25, 0.3) is 10.8 Å². The number of benzene rings is 1. The van der Waals surface area contributed by atoms with E-state index in [1.54, 1.807) is 18.2 Å². The molecule has 0 bridgehead atoms. The van der Waals surface area contributed by atoms with Crippen LogP contribution in [0.15, 0.2) is 36.5 Å². The predicted octanol–water partition coefficient (Wildman–Crippen LogP) is 0.266. The van der Waals surface area contributed by atoms with Gasteiger partial charge in [0.05, 0.1) is 6.42 Å². The summed E-state index contributed by atoms with van der Waals surface area (Å²) in [5, 5.41) is 9.39. The number of nitrogens with zero attached hydrogens (tertiary/aromatic N) is 3. The molecule has 3 fully saturated rings. The lowest BCUT2D eigenvalue weighted by Crippen LogP contribution is -2.64. The summed E-state index contributed by atoms with van der Waals surface area (Å²) in [4.78, 5) is 69.0. The summed E-state index contributed by atoms with van der Waals surface area (Å²) < 4.78 is 10.2. The van der Waals surface area contributed by atoms with Crippen molar-refractivity contribution >= 4 is 40.4 Å². The van der Waals surface area contributed by atoms with Crippen LogP contribution in [0.4, 0.5) is 0 Å². The van der Waals surface area contributed by atoms with Crippen LogP contribution >= 0.6 is 0 Å². The summed E-state index contributed by atoms with van der Waals surface area (Å²) in [6.45, 7) is 0.283. The molecule has 0 aliphatic carbocycles. The molecular formula is C25H27N5O7. The normalized spacial score (nSPS) is 25.9. The summed E-state index contributed by atoms with van der Waals surface area (Å²) >= 11 is 0. The van der Waals surface area contributed by atoms with Gasteiger partial charge in [-0.2, -0.15) is 0 Å². The van der Waals surface area contributed by atoms with Gasteiger partial charge in [0.15, 0.2) is 0 Å². The van der Waals surface area contributed by atoms with Gasteiger partial charge in [-0.25, -0.2) is 5.01 Å². The molecule has 12 nitrogen and oxygen atoms in total. The minimum Gasteiger partial charge on any atom is -0.433 e. The number of hydrazine groups is 1. The first-order valence-electron chi connectivity index (χ1n) is 12.2. The second kappa shape index (κ2) is 10.1. The average Bonchev–Trinajstić information content (AvgIpc) is 3.22. The molecule has 2 N–H and O–H groups in total. The Morgan fingerprint density at radius 2 is 1.92 bits per heavy atom. The first kappa shape index (κ1) is 24.6. The smallest absolute Gasteiger partial charge is 0.310 e. The van der Waals surface area contributed by atoms with E-state index in [-0.39, 0.29) is 37.4 Å². The number of cyclic esters (lactones) is 1. The van der Waals surface area contributed by atoms with Gasteiger partial charge < -0.3 is 20.1 Å². The molecule has 4 heterocycles. The molecule has 3 aliphatic heterocycles. The van der Waals surface area contributed by atoms with Gasteiger partial charge in [0.2, 0.25) is 18.1 Å². The van der Waals surface area contributed by atoms with Crippen molar-refractivity contribution < 1.29 is 33.4 Å². The number of carbonyl (C=O) groups is 5. The minimum atomic E-state index is -1.03. The third-order valence-electron chi connectivity index (χ3n) is 6.88. The van der Waals surface area contributed by atoms with Crippen LogP contribution in [-0.2, 0) is 28.7 Å². The number of hydrogen-bond acceptors (Lipinski definition) is 8. The highest BCUT2D eigenvalue weighted by atomic mass is 16.7. The van der Waals surface area contributed by atoms with Gasteiger partial charge in [0.25, 0.3) is 11.8 Å². The zero-order valence-corrected chi connectivity index (χ0v) is 20.2. The van der Waals surface area contributed by atoms with E-state index in [0.29, 0.717) is 18.2 Å². The van der Waals surface area contributed by atoms with Gasteiger partial charge in [-0.3, -0.25) is 34.0 Å². The fourth-order valence-electron chi connectivity index (χ4n) is 5.08. The van der Waals surface area contributed by atoms with Crippen LogP contribution < -0.4 is 10.6 Å². The number of aromatic nitrogens is 1. The van der Waals surface area contributed by atoms with E-state index in [0.717, 1.165) is 10.4 Å². The Balaban J connectivity index is 1.37. The molecule has 0 saturated carbocycles. The average molecular weight is 510 g/mol. The van der Waals surface area contributed by atoms with Crippen molar-refractivity contribution in [2.45, 2.75) is 56.5 Å². The van der Waals surface area contributed by atoms with Gasteiger partial charge in [-0.1, -0.05) is 24.3 Å².